The van der Waals surface area contributed by atoms with Crippen molar-refractivity contribution in [2.45, 2.75) is 6.92 Å². The molecule has 1 rings (SSSR count). The molecule has 0 atom stereocenters. The van der Waals surface area contributed by atoms with Crippen LogP contribution >= 0.6 is 0 Å². The van der Waals surface area contributed by atoms with Crippen LogP contribution in [0, 0.1) is 3.49 Å². The Morgan fingerprint density at radius 3 is 1.83 bits per heavy atom. The molecule has 0 spiro atoms. The van der Waals surface area contributed by atoms with Crippen LogP contribution in [0.3, 0.4) is 0 Å². The van der Waals surface area contributed by atoms with Crippen LogP contribution in [0.4, 0.5) is 0 Å². The fourth-order valence-corrected chi connectivity index (χ4v) is 85.4. The summed E-state index contributed by atoms with van der Waals surface area (Å²) in [7, 11) is 0. The first-order valence-corrected chi connectivity index (χ1v) is 19.0. The molecule has 0 aliphatic carbocycles. The summed E-state index contributed by atoms with van der Waals surface area (Å²) in [5, 5.41) is 0. The van der Waals surface area contributed by atoms with Crippen molar-refractivity contribution in [3.8, 4) is 0 Å². The van der Waals surface area contributed by atoms with Crippen LogP contribution in [-0.2, 0) is 0 Å². The Bertz CT molecular complexity index is 81.7. The first-order valence-electron chi connectivity index (χ1n) is 1.55. The van der Waals surface area contributed by atoms with Crippen LogP contribution < -0.4 is 0 Å². The molecular weight excluding hydrogens is 324 g/mol. The van der Waals surface area contributed by atoms with Crippen molar-refractivity contribution in [2.24, 2.45) is 0 Å². The van der Waals surface area contributed by atoms with E-state index in [0.29, 0.717) is 0 Å². The minimum absolute atomic E-state index is 0.892. The number of hydrogen-bond donors (Lipinski definition) is 0. The van der Waals surface area contributed by atoms with Gasteiger partial charge in [0.25, 0.3) is 0 Å². The first-order chi connectivity index (χ1) is 2.89. The second-order valence-corrected chi connectivity index (χ2v) is 35.5. The van der Waals surface area contributed by atoms with Crippen molar-refractivity contribution in [3.05, 3.63) is 3.49 Å². The SMILES string of the molecule is C[C]1[As]=[As][As]=[As]1. The van der Waals surface area contributed by atoms with Gasteiger partial charge in [0.1, 0.15) is 0 Å². The van der Waals surface area contributed by atoms with Gasteiger partial charge < -0.3 is 0 Å². The fourth-order valence-electron chi connectivity index (χ4n) is 0.189. The van der Waals surface area contributed by atoms with Gasteiger partial charge in [-0.05, 0) is 0 Å². The summed E-state index contributed by atoms with van der Waals surface area (Å²) in [6.45, 7) is 2.39. The normalized spacial score (nSPS) is 30.8. The third kappa shape index (κ3) is 2.00. The summed E-state index contributed by atoms with van der Waals surface area (Å²) in [4.78, 5) is 0. The summed E-state index contributed by atoms with van der Waals surface area (Å²) in [6, 6.07) is 0. The standard InChI is InChI=1S/C2H3As4/c1-2-3-5-6-4-2/h1H3. The zero-order chi connectivity index (χ0) is 4.41. The third-order valence-corrected chi connectivity index (χ3v) is 59.7. The second kappa shape index (κ2) is 3.30. The van der Waals surface area contributed by atoms with Crippen LogP contribution in [0.25, 0.3) is 0 Å². The Hall–Kier alpha value is 2.23. The van der Waals surface area contributed by atoms with E-state index in [1.807, 2.05) is 3.49 Å². The molecule has 0 saturated carbocycles. The Morgan fingerprint density at radius 2 is 1.67 bits per heavy atom. The van der Waals surface area contributed by atoms with Gasteiger partial charge in [0.2, 0.25) is 0 Å². The monoisotopic (exact) mass is 327 g/mol. The molecule has 0 aromatic heterocycles. The summed E-state index contributed by atoms with van der Waals surface area (Å²) >= 11 is 3.80. The van der Waals surface area contributed by atoms with Crippen LogP contribution in [0.2, 0.25) is 0 Å². The molecular formula is C2H3As4. The molecule has 0 bridgehead atoms. The van der Waals surface area contributed by atoms with E-state index in [9.17, 15) is 0 Å². The number of rotatable bonds is 0. The Labute approximate surface area is 58.0 Å². The zero-order valence-corrected chi connectivity index (χ0v) is 10.8. The summed E-state index contributed by atoms with van der Waals surface area (Å²) in [6.07, 6.45) is 0. The van der Waals surface area contributed by atoms with Crippen LogP contribution in [-0.4, -0.2) is 48.4 Å². The van der Waals surface area contributed by atoms with Gasteiger partial charge in [0.15, 0.2) is 0 Å². The van der Waals surface area contributed by atoms with Crippen molar-refractivity contribution >= 4 is 48.4 Å². The van der Waals surface area contributed by atoms with Crippen LogP contribution in [0.15, 0.2) is 0 Å². The van der Waals surface area contributed by atoms with E-state index in [1.54, 1.807) is 0 Å². The molecule has 1 aliphatic rings. The maximum atomic E-state index is 2.39. The molecule has 0 aromatic rings. The van der Waals surface area contributed by atoms with E-state index in [-0.39, 0.29) is 0 Å². The molecule has 0 amide bonds. The third-order valence-electron chi connectivity index (χ3n) is 0.419. The Balaban J connectivity index is 2.60. The molecule has 0 aromatic carbocycles. The summed E-state index contributed by atoms with van der Waals surface area (Å²) < 4.78 is 1.97. The molecule has 6 heavy (non-hydrogen) atoms. The molecule has 0 saturated heterocycles. The van der Waals surface area contributed by atoms with Gasteiger partial charge in [-0.1, -0.05) is 0 Å². The van der Waals surface area contributed by atoms with Gasteiger partial charge in [-0.25, -0.2) is 0 Å². The average molecular weight is 327 g/mol. The fraction of sp³-hybridized carbons (Fsp3) is 0.500. The van der Waals surface area contributed by atoms with Crippen molar-refractivity contribution in [1.82, 2.24) is 0 Å². The Morgan fingerprint density at radius 1 is 1.17 bits per heavy atom. The van der Waals surface area contributed by atoms with Gasteiger partial charge in [-0.15, -0.1) is 0 Å². The molecule has 0 nitrogen and oxygen atoms in total. The van der Waals surface area contributed by atoms with Crippen molar-refractivity contribution in [2.75, 3.05) is 0 Å². The maximum absolute atomic E-state index is 2.39. The van der Waals surface area contributed by atoms with Crippen LogP contribution in [0.5, 0.6) is 0 Å². The predicted octanol–water partition coefficient (Wildman–Crippen LogP) is -0.929. The van der Waals surface area contributed by atoms with Crippen molar-refractivity contribution in [3.63, 3.8) is 0 Å². The van der Waals surface area contributed by atoms with E-state index >= 15 is 0 Å². The molecule has 1 aliphatic heterocycles. The van der Waals surface area contributed by atoms with Gasteiger partial charge in [0.05, 0.1) is 0 Å². The summed E-state index contributed by atoms with van der Waals surface area (Å²) in [5.41, 5.74) is 0. The minimum atomic E-state index is 0.892. The first kappa shape index (κ1) is 6.36. The van der Waals surface area contributed by atoms with Crippen molar-refractivity contribution < 1.29 is 0 Å². The number of hydrogen-bond acceptors (Lipinski definition) is 0. The molecule has 31 valence electrons. The zero-order valence-electron chi connectivity index (χ0n) is 3.29. The summed E-state index contributed by atoms with van der Waals surface area (Å²) in [5.74, 6) is 0. The van der Waals surface area contributed by atoms with Gasteiger partial charge >= 0.3 is 58.8 Å². The van der Waals surface area contributed by atoms with Crippen LogP contribution in [0.1, 0.15) is 6.92 Å². The molecule has 0 unspecified atom stereocenters. The van der Waals surface area contributed by atoms with E-state index in [1.165, 1.54) is 0 Å². The van der Waals surface area contributed by atoms with E-state index in [2.05, 4.69) is 6.92 Å². The molecule has 1 heterocycles. The van der Waals surface area contributed by atoms with E-state index < -0.39 is 0 Å². The quantitative estimate of drug-likeness (QED) is 0.505. The van der Waals surface area contributed by atoms with E-state index in [0.717, 1.165) is 48.4 Å². The molecule has 4 heteroatoms. The molecule has 1 radical (unpaired) electrons. The van der Waals surface area contributed by atoms with Gasteiger partial charge in [-0.3, -0.25) is 0 Å². The van der Waals surface area contributed by atoms with Gasteiger partial charge in [0, 0.05) is 0 Å². The topological polar surface area (TPSA) is 0 Å². The van der Waals surface area contributed by atoms with Gasteiger partial charge in [-0.2, -0.15) is 0 Å². The van der Waals surface area contributed by atoms with E-state index in [4.69, 9.17) is 0 Å². The molecule has 0 fully saturated rings. The Kier molecular flexibility index (Phi) is 3.49. The second-order valence-electron chi connectivity index (χ2n) is 0.926. The predicted molar refractivity (Wildman–Crippen MR) is 31.9 cm³/mol. The average Bonchev–Trinajstić information content (AvgIpc) is 1.86. The molecule has 0 N–H and O–H groups in total. The van der Waals surface area contributed by atoms with Crippen molar-refractivity contribution in [1.29, 1.82) is 0 Å².